The summed E-state index contributed by atoms with van der Waals surface area (Å²) in [7, 11) is 0. The minimum atomic E-state index is -0.0271. The van der Waals surface area contributed by atoms with E-state index < -0.39 is 0 Å². The molecule has 2 heteroatoms. The number of hydrogen-bond donors (Lipinski definition) is 0. The fraction of sp³-hybridized carbons (Fsp3) is 1.00. The molecule has 0 aromatic heterocycles. The second kappa shape index (κ2) is 6.10. The van der Waals surface area contributed by atoms with Crippen LogP contribution in [-0.4, -0.2) is 10.8 Å². The Morgan fingerprint density at radius 3 is 2.25 bits per heavy atom. The summed E-state index contributed by atoms with van der Waals surface area (Å²) in [6.45, 7) is 6.39. The molecule has 0 saturated carbocycles. The first-order chi connectivity index (χ1) is 5.45. The molecule has 0 bridgehead atoms. The average molecular weight is 211 g/mol. The number of hydrogen-bond acceptors (Lipinski definition) is 0. The van der Waals surface area contributed by atoms with E-state index in [1.165, 1.54) is 12.8 Å². The molecular weight excluding hydrogens is 191 g/mol. The first-order valence-electron chi connectivity index (χ1n) is 4.70. The van der Waals surface area contributed by atoms with E-state index in [1.54, 1.807) is 0 Å². The van der Waals surface area contributed by atoms with E-state index in [-0.39, 0.29) is 4.87 Å². The third-order valence-electron chi connectivity index (χ3n) is 2.07. The smallest absolute Gasteiger partial charge is 0.0390 e. The van der Waals surface area contributed by atoms with Crippen LogP contribution in [0.2, 0.25) is 0 Å². The van der Waals surface area contributed by atoms with Gasteiger partial charge in [-0.1, -0.05) is 19.8 Å². The van der Waals surface area contributed by atoms with Crippen molar-refractivity contribution in [2.45, 2.75) is 51.3 Å². The summed E-state index contributed by atoms with van der Waals surface area (Å²) in [6.07, 6.45) is 4.70. The highest BCUT2D eigenvalue weighted by molar-refractivity contribution is 6.23. The van der Waals surface area contributed by atoms with Gasteiger partial charge in [-0.3, -0.25) is 0 Å². The molecule has 0 heterocycles. The van der Waals surface area contributed by atoms with Gasteiger partial charge in [-0.15, -0.1) is 23.2 Å². The largest absolute Gasteiger partial charge is 0.127 e. The lowest BCUT2D eigenvalue weighted by atomic mass is 9.98. The maximum Gasteiger partial charge on any atom is 0.0390 e. The molecule has 0 N–H and O–H groups in total. The van der Waals surface area contributed by atoms with Crippen LogP contribution in [-0.2, 0) is 0 Å². The van der Waals surface area contributed by atoms with E-state index in [4.69, 9.17) is 23.2 Å². The number of rotatable bonds is 6. The molecule has 0 radical (unpaired) electrons. The first-order valence-corrected chi connectivity index (χ1v) is 5.62. The van der Waals surface area contributed by atoms with Crippen LogP contribution >= 0.6 is 23.2 Å². The number of halogens is 2. The van der Waals surface area contributed by atoms with Crippen LogP contribution < -0.4 is 0 Å². The zero-order chi connectivity index (χ0) is 9.61. The minimum absolute atomic E-state index is 0.0271. The quantitative estimate of drug-likeness (QED) is 0.570. The Bertz CT molecular complexity index is 105. The molecule has 0 spiro atoms. The van der Waals surface area contributed by atoms with Crippen molar-refractivity contribution in [1.82, 2.24) is 0 Å². The summed E-state index contributed by atoms with van der Waals surface area (Å²) in [5.74, 6) is 1.53. The monoisotopic (exact) mass is 210 g/mol. The van der Waals surface area contributed by atoms with Gasteiger partial charge in [0, 0.05) is 10.8 Å². The standard InChI is InChI=1S/C10H20Cl2/c1-9(6-8-11)5-4-7-10(2,3)12/h9H,4-8H2,1-3H3. The van der Waals surface area contributed by atoms with Crippen molar-refractivity contribution in [2.75, 3.05) is 5.88 Å². The normalized spacial score (nSPS) is 14.8. The van der Waals surface area contributed by atoms with Crippen LogP contribution in [0.1, 0.15) is 46.5 Å². The van der Waals surface area contributed by atoms with Crippen molar-refractivity contribution < 1.29 is 0 Å². The van der Waals surface area contributed by atoms with Crippen molar-refractivity contribution in [1.29, 1.82) is 0 Å². The third-order valence-corrected chi connectivity index (χ3v) is 2.48. The van der Waals surface area contributed by atoms with E-state index in [1.807, 2.05) is 0 Å². The van der Waals surface area contributed by atoms with Crippen LogP contribution in [0.5, 0.6) is 0 Å². The molecular formula is C10H20Cl2. The predicted molar refractivity (Wildman–Crippen MR) is 58.3 cm³/mol. The lowest BCUT2D eigenvalue weighted by molar-refractivity contribution is 0.462. The zero-order valence-corrected chi connectivity index (χ0v) is 9.88. The van der Waals surface area contributed by atoms with E-state index in [9.17, 15) is 0 Å². The summed E-state index contributed by atoms with van der Waals surface area (Å²) in [5.41, 5.74) is 0. The molecule has 0 aliphatic rings. The molecule has 1 unspecified atom stereocenters. The molecule has 0 nitrogen and oxygen atoms in total. The molecule has 0 aliphatic carbocycles. The summed E-state index contributed by atoms with van der Waals surface area (Å²) in [4.78, 5) is -0.0271. The summed E-state index contributed by atoms with van der Waals surface area (Å²) in [6, 6.07) is 0. The van der Waals surface area contributed by atoms with Gasteiger partial charge in [-0.2, -0.15) is 0 Å². The maximum absolute atomic E-state index is 6.07. The van der Waals surface area contributed by atoms with Gasteiger partial charge in [0.2, 0.25) is 0 Å². The number of alkyl halides is 2. The van der Waals surface area contributed by atoms with E-state index in [2.05, 4.69) is 20.8 Å². The molecule has 0 saturated heterocycles. The van der Waals surface area contributed by atoms with Crippen molar-refractivity contribution in [3.8, 4) is 0 Å². The van der Waals surface area contributed by atoms with Crippen molar-refractivity contribution in [3.63, 3.8) is 0 Å². The summed E-state index contributed by atoms with van der Waals surface area (Å²) < 4.78 is 0. The Morgan fingerprint density at radius 1 is 1.25 bits per heavy atom. The molecule has 12 heavy (non-hydrogen) atoms. The molecule has 0 aromatic carbocycles. The van der Waals surface area contributed by atoms with Gasteiger partial charge in [0.1, 0.15) is 0 Å². The minimum Gasteiger partial charge on any atom is -0.127 e. The van der Waals surface area contributed by atoms with Crippen molar-refractivity contribution in [2.24, 2.45) is 5.92 Å². The lowest BCUT2D eigenvalue weighted by Gasteiger charge is -2.16. The molecule has 0 rings (SSSR count). The fourth-order valence-corrected chi connectivity index (χ4v) is 1.71. The van der Waals surface area contributed by atoms with Gasteiger partial charge in [0.05, 0.1) is 0 Å². The third kappa shape index (κ3) is 8.67. The molecule has 1 atom stereocenters. The van der Waals surface area contributed by atoms with E-state index >= 15 is 0 Å². The second-order valence-electron chi connectivity index (χ2n) is 4.19. The van der Waals surface area contributed by atoms with Crippen LogP contribution in [0.25, 0.3) is 0 Å². The topological polar surface area (TPSA) is 0 Å². The molecule has 0 aliphatic heterocycles. The first kappa shape index (κ1) is 12.6. The van der Waals surface area contributed by atoms with Crippen molar-refractivity contribution >= 4 is 23.2 Å². The summed E-state index contributed by atoms with van der Waals surface area (Å²) in [5, 5.41) is 0. The van der Waals surface area contributed by atoms with Crippen LogP contribution in [0.15, 0.2) is 0 Å². The fourth-order valence-electron chi connectivity index (χ4n) is 1.20. The van der Waals surface area contributed by atoms with Gasteiger partial charge < -0.3 is 0 Å². The molecule has 0 amide bonds. The van der Waals surface area contributed by atoms with Gasteiger partial charge in [0.25, 0.3) is 0 Å². The Hall–Kier alpha value is 0.580. The van der Waals surface area contributed by atoms with Gasteiger partial charge in [0.15, 0.2) is 0 Å². The van der Waals surface area contributed by atoms with Gasteiger partial charge in [-0.05, 0) is 32.6 Å². The van der Waals surface area contributed by atoms with Crippen LogP contribution in [0.3, 0.4) is 0 Å². The Balaban J connectivity index is 3.31. The lowest BCUT2D eigenvalue weighted by Crippen LogP contribution is -2.10. The Labute approximate surface area is 86.6 Å². The Kier molecular flexibility index (Phi) is 6.39. The second-order valence-corrected chi connectivity index (χ2v) is 5.59. The SMILES string of the molecule is CC(CCCl)CCCC(C)(C)Cl. The highest BCUT2D eigenvalue weighted by Crippen LogP contribution is 2.23. The molecule has 0 aromatic rings. The summed E-state index contributed by atoms with van der Waals surface area (Å²) >= 11 is 11.7. The zero-order valence-electron chi connectivity index (χ0n) is 8.37. The van der Waals surface area contributed by atoms with Crippen LogP contribution in [0.4, 0.5) is 0 Å². The van der Waals surface area contributed by atoms with E-state index in [0.29, 0.717) is 0 Å². The highest BCUT2D eigenvalue weighted by atomic mass is 35.5. The van der Waals surface area contributed by atoms with Gasteiger partial charge in [-0.25, -0.2) is 0 Å². The van der Waals surface area contributed by atoms with E-state index in [0.717, 1.165) is 24.6 Å². The molecule has 0 fully saturated rings. The highest BCUT2D eigenvalue weighted by Gasteiger charge is 2.12. The molecule has 74 valence electrons. The average Bonchev–Trinajstić information content (AvgIpc) is 1.84. The van der Waals surface area contributed by atoms with Gasteiger partial charge >= 0.3 is 0 Å². The Morgan fingerprint density at radius 2 is 1.83 bits per heavy atom. The predicted octanol–water partition coefficient (Wildman–Crippen LogP) is 4.44. The van der Waals surface area contributed by atoms with Crippen molar-refractivity contribution in [3.05, 3.63) is 0 Å². The maximum atomic E-state index is 6.07. The van der Waals surface area contributed by atoms with Crippen LogP contribution in [0, 0.1) is 5.92 Å².